The fourth-order valence-corrected chi connectivity index (χ4v) is 3.57. The zero-order valence-electron chi connectivity index (χ0n) is 19.6. The number of halogens is 1. The lowest BCUT2D eigenvalue weighted by atomic mass is 10.0. The number of benzene rings is 2. The molecule has 0 bridgehead atoms. The molecule has 0 unspecified atom stereocenters. The Morgan fingerprint density at radius 2 is 1.83 bits per heavy atom. The zero-order valence-corrected chi connectivity index (χ0v) is 19.6. The van der Waals surface area contributed by atoms with Gasteiger partial charge in [-0.25, -0.2) is 14.4 Å². The van der Waals surface area contributed by atoms with E-state index in [2.05, 4.69) is 5.32 Å². The molecule has 1 N–H and O–H groups in total. The highest BCUT2D eigenvalue weighted by Crippen LogP contribution is 2.22. The average Bonchev–Trinajstić information content (AvgIpc) is 2.87. The maximum atomic E-state index is 14.0. The summed E-state index contributed by atoms with van der Waals surface area (Å²) in [6, 6.07) is 12.7. The molecule has 1 aliphatic heterocycles. The van der Waals surface area contributed by atoms with E-state index in [1.165, 1.54) is 25.2 Å². The molecule has 35 heavy (non-hydrogen) atoms. The van der Waals surface area contributed by atoms with Crippen molar-refractivity contribution < 1.29 is 28.2 Å². The van der Waals surface area contributed by atoms with Gasteiger partial charge < -0.3 is 19.5 Å². The summed E-state index contributed by atoms with van der Waals surface area (Å²) in [5, 5.41) is 14.7. The van der Waals surface area contributed by atoms with E-state index in [0.29, 0.717) is 24.2 Å². The molecule has 10 heteroatoms. The molecule has 3 rings (SSSR count). The largest absolute Gasteiger partial charge is 0.491 e. The van der Waals surface area contributed by atoms with Gasteiger partial charge in [0.15, 0.2) is 6.19 Å². The molecule has 0 aromatic heterocycles. The molecule has 0 spiro atoms. The number of hydrogen-bond acceptors (Lipinski definition) is 7. The Hall–Kier alpha value is -3.68. The zero-order chi connectivity index (χ0) is 25.0. The molecular formula is C25H29FN4O5. The van der Waals surface area contributed by atoms with Gasteiger partial charge in [0, 0.05) is 12.6 Å². The van der Waals surface area contributed by atoms with Gasteiger partial charge in [-0.15, -0.1) is 0 Å². The number of rotatable bonds is 3. The van der Waals surface area contributed by atoms with Crippen LogP contribution in [-0.4, -0.2) is 68.0 Å². The van der Waals surface area contributed by atoms with Gasteiger partial charge >= 0.3 is 0 Å². The van der Waals surface area contributed by atoms with Crippen molar-refractivity contribution >= 4 is 11.8 Å². The Morgan fingerprint density at radius 1 is 1.09 bits per heavy atom. The summed E-state index contributed by atoms with van der Waals surface area (Å²) >= 11 is 0. The SMILES string of the molecule is CN1C(=O)[C@H](CCc2ccccc2)NC(=O)COCCOCCOc2ccc(F)cc2CN1C#N. The number of carbonyl (C=O) groups is 2. The molecule has 2 amide bonds. The second kappa shape index (κ2) is 13.3. The van der Waals surface area contributed by atoms with E-state index in [4.69, 9.17) is 14.2 Å². The third-order valence-corrected chi connectivity index (χ3v) is 5.43. The van der Waals surface area contributed by atoms with Crippen molar-refractivity contribution in [1.82, 2.24) is 15.3 Å². The summed E-state index contributed by atoms with van der Waals surface area (Å²) in [6.45, 7) is 0.574. The number of likely N-dealkylation sites (N-methyl/N-ethyl adjacent to an activating group) is 1. The molecular weight excluding hydrogens is 455 g/mol. The van der Waals surface area contributed by atoms with Crippen molar-refractivity contribution in [2.45, 2.75) is 25.4 Å². The first-order valence-corrected chi connectivity index (χ1v) is 11.3. The standard InChI is InChI=1S/C25H29FN4O5/c1-29-25(32)22(9-7-19-5-3-2-4-6-19)28-24(31)17-34-12-11-33-13-14-35-23-10-8-21(26)15-20(23)16-30(29)18-27/h2-6,8,10,15,22H,7,9,11-14,16-17H2,1H3,(H,28,31)/t22-/m0/s1. The number of carbonyl (C=O) groups excluding carboxylic acids is 2. The van der Waals surface area contributed by atoms with Gasteiger partial charge in [-0.1, -0.05) is 30.3 Å². The first-order valence-electron chi connectivity index (χ1n) is 11.3. The minimum absolute atomic E-state index is 0.102. The van der Waals surface area contributed by atoms with Crippen LogP contribution in [0.5, 0.6) is 5.75 Å². The Morgan fingerprint density at radius 3 is 2.60 bits per heavy atom. The Balaban J connectivity index is 1.83. The number of nitrogens with one attached hydrogen (secondary N) is 1. The fraction of sp³-hybridized carbons (Fsp3) is 0.400. The van der Waals surface area contributed by atoms with Crippen LogP contribution in [0.2, 0.25) is 0 Å². The van der Waals surface area contributed by atoms with Crippen LogP contribution in [0.4, 0.5) is 4.39 Å². The van der Waals surface area contributed by atoms with Crippen molar-refractivity contribution in [3.05, 3.63) is 65.5 Å². The minimum atomic E-state index is -0.901. The molecule has 0 saturated heterocycles. The van der Waals surface area contributed by atoms with Gasteiger partial charge in [0.25, 0.3) is 5.91 Å². The smallest absolute Gasteiger partial charge is 0.263 e. The Bertz CT molecular complexity index is 1030. The molecule has 186 valence electrons. The van der Waals surface area contributed by atoms with Gasteiger partial charge in [0.1, 0.15) is 30.8 Å². The van der Waals surface area contributed by atoms with Crippen molar-refractivity contribution in [3.8, 4) is 11.9 Å². The molecule has 2 aromatic rings. The van der Waals surface area contributed by atoms with E-state index in [0.717, 1.165) is 15.6 Å². The normalized spacial score (nSPS) is 18.6. The minimum Gasteiger partial charge on any atom is -0.491 e. The second-order valence-corrected chi connectivity index (χ2v) is 7.93. The maximum absolute atomic E-state index is 14.0. The number of aryl methyl sites for hydroxylation is 1. The summed E-state index contributed by atoms with van der Waals surface area (Å²) in [5.74, 6) is -1.05. The van der Waals surface area contributed by atoms with Crippen LogP contribution in [0.25, 0.3) is 0 Å². The Kier molecular flexibility index (Phi) is 9.83. The van der Waals surface area contributed by atoms with E-state index in [1.807, 2.05) is 36.5 Å². The molecule has 0 radical (unpaired) electrons. The van der Waals surface area contributed by atoms with Gasteiger partial charge in [-0.3, -0.25) is 9.59 Å². The van der Waals surface area contributed by atoms with Crippen molar-refractivity contribution in [1.29, 1.82) is 5.26 Å². The van der Waals surface area contributed by atoms with Gasteiger partial charge in [-0.05, 0) is 36.6 Å². The van der Waals surface area contributed by atoms with Gasteiger partial charge in [-0.2, -0.15) is 5.26 Å². The maximum Gasteiger partial charge on any atom is 0.263 e. The highest BCUT2D eigenvalue weighted by molar-refractivity contribution is 5.87. The Labute approximate surface area is 203 Å². The van der Waals surface area contributed by atoms with Crippen LogP contribution < -0.4 is 10.1 Å². The lowest BCUT2D eigenvalue weighted by Gasteiger charge is -2.31. The monoisotopic (exact) mass is 484 g/mol. The number of hydrazine groups is 1. The third kappa shape index (κ3) is 7.95. The molecule has 1 heterocycles. The second-order valence-electron chi connectivity index (χ2n) is 7.93. The van der Waals surface area contributed by atoms with Crippen molar-refractivity contribution in [2.75, 3.05) is 40.1 Å². The van der Waals surface area contributed by atoms with Crippen LogP contribution in [0.3, 0.4) is 0 Å². The highest BCUT2D eigenvalue weighted by Gasteiger charge is 2.28. The summed E-state index contributed by atoms with van der Waals surface area (Å²) in [6.07, 6.45) is 2.81. The molecule has 1 atom stereocenters. The summed E-state index contributed by atoms with van der Waals surface area (Å²) < 4.78 is 30.5. The summed E-state index contributed by atoms with van der Waals surface area (Å²) in [7, 11) is 1.44. The lowest BCUT2D eigenvalue weighted by molar-refractivity contribution is -0.146. The molecule has 0 saturated carbocycles. The van der Waals surface area contributed by atoms with E-state index in [-0.39, 0.29) is 39.6 Å². The third-order valence-electron chi connectivity index (χ3n) is 5.43. The first kappa shape index (κ1) is 25.9. The highest BCUT2D eigenvalue weighted by atomic mass is 19.1. The number of hydrogen-bond donors (Lipinski definition) is 1. The van der Waals surface area contributed by atoms with Crippen molar-refractivity contribution in [2.24, 2.45) is 0 Å². The molecule has 9 nitrogen and oxygen atoms in total. The van der Waals surface area contributed by atoms with Crippen LogP contribution in [0, 0.1) is 17.3 Å². The van der Waals surface area contributed by atoms with E-state index >= 15 is 0 Å². The predicted octanol–water partition coefficient (Wildman–Crippen LogP) is 2.03. The number of nitriles is 1. The van der Waals surface area contributed by atoms with E-state index in [1.54, 1.807) is 0 Å². The summed E-state index contributed by atoms with van der Waals surface area (Å²) in [4.78, 5) is 25.8. The number of nitrogens with zero attached hydrogens (tertiary/aromatic N) is 3. The number of amides is 2. The fourth-order valence-electron chi connectivity index (χ4n) is 3.57. The lowest BCUT2D eigenvalue weighted by Crippen LogP contribution is -2.52. The molecule has 0 fully saturated rings. The molecule has 0 aliphatic carbocycles. The van der Waals surface area contributed by atoms with E-state index < -0.39 is 23.7 Å². The number of ether oxygens (including phenoxy) is 3. The van der Waals surface area contributed by atoms with E-state index in [9.17, 15) is 19.2 Å². The predicted molar refractivity (Wildman–Crippen MR) is 124 cm³/mol. The molecule has 1 aliphatic rings. The van der Waals surface area contributed by atoms with Gasteiger partial charge in [0.2, 0.25) is 5.91 Å². The number of fused-ring (bicyclic) bond motifs is 1. The topological polar surface area (TPSA) is 104 Å². The average molecular weight is 485 g/mol. The van der Waals surface area contributed by atoms with Crippen molar-refractivity contribution in [3.63, 3.8) is 0 Å². The first-order chi connectivity index (χ1) is 17.0. The molecule has 2 aromatic carbocycles. The van der Waals surface area contributed by atoms with Gasteiger partial charge in [0.05, 0.1) is 26.4 Å². The summed E-state index contributed by atoms with van der Waals surface area (Å²) in [5.41, 5.74) is 1.40. The quantitative estimate of drug-likeness (QED) is 0.665. The van der Waals surface area contributed by atoms with Crippen LogP contribution >= 0.6 is 0 Å². The van der Waals surface area contributed by atoms with Crippen LogP contribution in [-0.2, 0) is 32.0 Å². The van der Waals surface area contributed by atoms with Crippen LogP contribution in [0.1, 0.15) is 17.5 Å². The van der Waals surface area contributed by atoms with Crippen LogP contribution in [0.15, 0.2) is 48.5 Å².